The summed E-state index contributed by atoms with van der Waals surface area (Å²) in [5.41, 5.74) is 2.95. The van der Waals surface area contributed by atoms with Gasteiger partial charge in [0.25, 0.3) is 0 Å². The molecule has 1 aliphatic rings. The van der Waals surface area contributed by atoms with Gasteiger partial charge in [0.15, 0.2) is 0 Å². The zero-order valence-corrected chi connectivity index (χ0v) is 16.3. The van der Waals surface area contributed by atoms with E-state index in [2.05, 4.69) is 21.2 Å². The van der Waals surface area contributed by atoms with Crippen LogP contribution in [0.15, 0.2) is 42.5 Å². The summed E-state index contributed by atoms with van der Waals surface area (Å²) in [6.45, 7) is 6.82. The monoisotopic (exact) mass is 380 g/mol. The number of benzene rings is 2. The Bertz CT molecular complexity index is 892. The van der Waals surface area contributed by atoms with E-state index in [1.807, 2.05) is 38.1 Å². The third-order valence-electron chi connectivity index (χ3n) is 5.28. The highest BCUT2D eigenvalue weighted by Crippen LogP contribution is 2.22. The average Bonchev–Trinajstić information content (AvgIpc) is 2.96. The molecule has 28 heavy (non-hydrogen) atoms. The van der Waals surface area contributed by atoms with Crippen molar-refractivity contribution in [2.45, 2.75) is 26.3 Å². The third kappa shape index (κ3) is 4.49. The van der Waals surface area contributed by atoms with Gasteiger partial charge in [0, 0.05) is 31.9 Å². The van der Waals surface area contributed by atoms with Crippen molar-refractivity contribution in [1.82, 2.24) is 4.90 Å². The number of rotatable bonds is 4. The Balaban J connectivity index is 1.65. The fourth-order valence-electron chi connectivity index (χ4n) is 3.54. The van der Waals surface area contributed by atoms with Gasteiger partial charge in [0.1, 0.15) is 11.9 Å². The second-order valence-electron chi connectivity index (χ2n) is 7.13. The number of halogens is 1. The average molecular weight is 380 g/mol. The van der Waals surface area contributed by atoms with E-state index in [0.29, 0.717) is 11.3 Å². The van der Waals surface area contributed by atoms with Gasteiger partial charge in [0.05, 0.1) is 17.3 Å². The molecule has 1 atom stereocenters. The Labute approximate surface area is 165 Å². The van der Waals surface area contributed by atoms with Crippen molar-refractivity contribution in [3.63, 3.8) is 0 Å². The summed E-state index contributed by atoms with van der Waals surface area (Å²) < 4.78 is 13.5. The van der Waals surface area contributed by atoms with Gasteiger partial charge in [0.2, 0.25) is 5.91 Å². The number of carbonyl (C=O) groups excluding carboxylic acids is 1. The zero-order chi connectivity index (χ0) is 20.1. The normalized spacial score (nSPS) is 16.1. The number of para-hydroxylation sites is 1. The van der Waals surface area contributed by atoms with Crippen LogP contribution in [0.5, 0.6) is 0 Å². The lowest BCUT2D eigenvalue weighted by Crippen LogP contribution is -2.44. The van der Waals surface area contributed by atoms with E-state index >= 15 is 0 Å². The molecule has 0 radical (unpaired) electrons. The van der Waals surface area contributed by atoms with Gasteiger partial charge in [-0.25, -0.2) is 4.39 Å². The summed E-state index contributed by atoms with van der Waals surface area (Å²) in [6, 6.07) is 13.9. The van der Waals surface area contributed by atoms with Crippen LogP contribution in [0.25, 0.3) is 0 Å². The maximum absolute atomic E-state index is 13.5. The number of hydrogen-bond donors (Lipinski definition) is 1. The first-order valence-electron chi connectivity index (χ1n) is 9.54. The van der Waals surface area contributed by atoms with Crippen molar-refractivity contribution in [3.05, 3.63) is 59.4 Å². The first-order chi connectivity index (χ1) is 13.5. The Morgan fingerprint density at radius 1 is 1.18 bits per heavy atom. The Morgan fingerprint density at radius 2 is 1.96 bits per heavy atom. The van der Waals surface area contributed by atoms with Crippen LogP contribution >= 0.6 is 0 Å². The van der Waals surface area contributed by atoms with Gasteiger partial charge >= 0.3 is 0 Å². The molecule has 1 aliphatic heterocycles. The lowest BCUT2D eigenvalue weighted by atomic mass is 10.1. The molecule has 2 aromatic carbocycles. The fraction of sp³-hybridized carbons (Fsp3) is 0.364. The van der Waals surface area contributed by atoms with Gasteiger partial charge in [-0.2, -0.15) is 5.26 Å². The third-order valence-corrected chi connectivity index (χ3v) is 5.28. The van der Waals surface area contributed by atoms with Crippen molar-refractivity contribution in [3.8, 4) is 6.07 Å². The van der Waals surface area contributed by atoms with Crippen molar-refractivity contribution < 1.29 is 9.18 Å². The number of aryl methyl sites for hydroxylation is 1. The summed E-state index contributed by atoms with van der Waals surface area (Å²) in [7, 11) is 0. The smallest absolute Gasteiger partial charge is 0.241 e. The highest BCUT2D eigenvalue weighted by molar-refractivity contribution is 5.95. The molecule has 3 rings (SSSR count). The van der Waals surface area contributed by atoms with Gasteiger partial charge < -0.3 is 10.2 Å². The molecule has 2 aromatic rings. The number of amides is 1. The molecule has 0 saturated carbocycles. The molecular weight excluding hydrogens is 355 g/mol. The van der Waals surface area contributed by atoms with Crippen LogP contribution in [0.2, 0.25) is 0 Å². The maximum Gasteiger partial charge on any atom is 0.241 e. The highest BCUT2D eigenvalue weighted by atomic mass is 19.1. The number of anilines is 2. The molecule has 0 bridgehead atoms. The number of hydrogen-bond acceptors (Lipinski definition) is 4. The molecule has 1 amide bonds. The van der Waals surface area contributed by atoms with Crippen molar-refractivity contribution in [2.75, 3.05) is 36.4 Å². The predicted molar refractivity (Wildman–Crippen MR) is 109 cm³/mol. The minimum absolute atomic E-state index is 0.139. The Hall–Kier alpha value is -2.91. The topological polar surface area (TPSA) is 59.4 Å². The summed E-state index contributed by atoms with van der Waals surface area (Å²) in [6.07, 6.45) is 0.899. The summed E-state index contributed by atoms with van der Waals surface area (Å²) in [4.78, 5) is 17.1. The molecule has 5 nitrogen and oxygen atoms in total. The molecule has 1 N–H and O–H groups in total. The molecule has 1 saturated heterocycles. The Kier molecular flexibility index (Phi) is 6.27. The molecule has 0 aromatic heterocycles. The SMILES string of the molecule is Cc1ccc(F)cc1NC(=O)C(C)N1CCCN(c2ccccc2C#N)CC1. The lowest BCUT2D eigenvalue weighted by molar-refractivity contribution is -0.120. The molecule has 1 heterocycles. The summed E-state index contributed by atoms with van der Waals surface area (Å²) in [5, 5.41) is 12.2. The molecule has 6 heteroatoms. The van der Waals surface area contributed by atoms with Crippen molar-refractivity contribution in [2.24, 2.45) is 0 Å². The van der Waals surface area contributed by atoms with Crippen LogP contribution in [0, 0.1) is 24.1 Å². The van der Waals surface area contributed by atoms with Gasteiger partial charge in [-0.3, -0.25) is 9.69 Å². The molecule has 0 spiro atoms. The maximum atomic E-state index is 13.5. The number of nitrogens with zero attached hydrogens (tertiary/aromatic N) is 3. The minimum Gasteiger partial charge on any atom is -0.369 e. The van der Waals surface area contributed by atoms with Crippen LogP contribution in [0.3, 0.4) is 0 Å². The van der Waals surface area contributed by atoms with Crippen molar-refractivity contribution >= 4 is 17.3 Å². The zero-order valence-electron chi connectivity index (χ0n) is 16.3. The van der Waals surface area contributed by atoms with E-state index in [1.165, 1.54) is 12.1 Å². The van der Waals surface area contributed by atoms with Crippen LogP contribution in [0.4, 0.5) is 15.8 Å². The minimum atomic E-state index is -0.366. The number of nitrogens with one attached hydrogen (secondary N) is 1. The van der Waals surface area contributed by atoms with Gasteiger partial charge in [-0.05, 0) is 50.1 Å². The molecule has 146 valence electrons. The molecule has 0 aliphatic carbocycles. The first kappa shape index (κ1) is 19.8. The van der Waals surface area contributed by atoms with E-state index in [9.17, 15) is 14.4 Å². The van der Waals surface area contributed by atoms with Gasteiger partial charge in [-0.1, -0.05) is 18.2 Å². The van der Waals surface area contributed by atoms with Crippen LogP contribution < -0.4 is 10.2 Å². The highest BCUT2D eigenvalue weighted by Gasteiger charge is 2.25. The van der Waals surface area contributed by atoms with Crippen LogP contribution in [0.1, 0.15) is 24.5 Å². The van der Waals surface area contributed by atoms with Crippen molar-refractivity contribution in [1.29, 1.82) is 5.26 Å². The first-order valence-corrected chi connectivity index (χ1v) is 9.54. The number of nitriles is 1. The lowest BCUT2D eigenvalue weighted by Gasteiger charge is -2.28. The summed E-state index contributed by atoms with van der Waals surface area (Å²) >= 11 is 0. The molecule has 1 fully saturated rings. The van der Waals surface area contributed by atoms with E-state index < -0.39 is 0 Å². The van der Waals surface area contributed by atoms with Crippen LogP contribution in [-0.2, 0) is 4.79 Å². The second kappa shape index (κ2) is 8.85. The standard InChI is InChI=1S/C22H25FN4O/c1-16-8-9-19(23)14-20(16)25-22(28)17(2)26-10-5-11-27(13-12-26)21-7-4-3-6-18(21)15-24/h3-4,6-9,14,17H,5,10-13H2,1-2H3,(H,25,28). The predicted octanol–water partition coefficient (Wildman–Crippen LogP) is 3.55. The van der Waals surface area contributed by atoms with E-state index in [0.717, 1.165) is 43.9 Å². The van der Waals surface area contributed by atoms with E-state index in [1.54, 1.807) is 6.07 Å². The molecule has 1 unspecified atom stereocenters. The quantitative estimate of drug-likeness (QED) is 0.881. The van der Waals surface area contributed by atoms with E-state index in [4.69, 9.17) is 0 Å². The van der Waals surface area contributed by atoms with Gasteiger partial charge in [-0.15, -0.1) is 0 Å². The van der Waals surface area contributed by atoms with E-state index in [-0.39, 0.29) is 17.8 Å². The number of carbonyl (C=O) groups is 1. The Morgan fingerprint density at radius 3 is 2.75 bits per heavy atom. The molecular formula is C22H25FN4O. The fourth-order valence-corrected chi connectivity index (χ4v) is 3.54. The second-order valence-corrected chi connectivity index (χ2v) is 7.13. The largest absolute Gasteiger partial charge is 0.369 e. The summed E-state index contributed by atoms with van der Waals surface area (Å²) in [5.74, 6) is -0.505. The van der Waals surface area contributed by atoms with Crippen LogP contribution in [-0.4, -0.2) is 43.0 Å².